The number of hydrogen-bond acceptors (Lipinski definition) is 2. The molecule has 1 amide bonds. The molecular weight excluding hydrogens is 412 g/mol. The van der Waals surface area contributed by atoms with Gasteiger partial charge in [-0.3, -0.25) is 4.79 Å². The molecule has 0 spiro atoms. The second-order valence-corrected chi connectivity index (χ2v) is 7.91. The van der Waals surface area contributed by atoms with Gasteiger partial charge in [0, 0.05) is 11.3 Å². The number of benzene rings is 2. The van der Waals surface area contributed by atoms with E-state index in [-0.39, 0.29) is 5.69 Å². The van der Waals surface area contributed by atoms with E-state index in [0.29, 0.717) is 5.56 Å². The largest absolute Gasteiger partial charge is 0.416 e. The minimum atomic E-state index is -4.52. The van der Waals surface area contributed by atoms with Crippen molar-refractivity contribution in [1.82, 2.24) is 5.32 Å². The van der Waals surface area contributed by atoms with E-state index in [1.165, 1.54) is 12.1 Å². The maximum absolute atomic E-state index is 12.8. The van der Waals surface area contributed by atoms with E-state index >= 15 is 0 Å². The van der Waals surface area contributed by atoms with Gasteiger partial charge < -0.3 is 10.6 Å². The maximum atomic E-state index is 12.8. The van der Waals surface area contributed by atoms with Crippen LogP contribution < -0.4 is 10.6 Å². The van der Waals surface area contributed by atoms with Crippen molar-refractivity contribution in [2.24, 2.45) is 0 Å². The highest BCUT2D eigenvalue weighted by atomic mass is 35.6. The van der Waals surface area contributed by atoms with Crippen molar-refractivity contribution in [3.8, 4) is 0 Å². The maximum Gasteiger partial charge on any atom is 0.416 e. The molecule has 0 bridgehead atoms. The first-order valence-electron chi connectivity index (χ1n) is 7.35. The number of carbonyl (C=O) groups excluding carboxylic acids is 1. The van der Waals surface area contributed by atoms with Crippen LogP contribution in [0.3, 0.4) is 0 Å². The van der Waals surface area contributed by atoms with Crippen molar-refractivity contribution in [3.63, 3.8) is 0 Å². The minimum absolute atomic E-state index is 0.0423. The number of rotatable bonds is 4. The smallest absolute Gasteiger partial charge is 0.362 e. The van der Waals surface area contributed by atoms with Gasteiger partial charge in [0.15, 0.2) is 0 Å². The Bertz CT molecular complexity index is 791. The summed E-state index contributed by atoms with van der Waals surface area (Å²) in [6, 6.07) is 11.1. The van der Waals surface area contributed by atoms with Crippen LogP contribution >= 0.6 is 34.8 Å². The number of nitrogens with one attached hydrogen (secondary N) is 2. The molecule has 0 fully saturated rings. The fourth-order valence-corrected chi connectivity index (χ4v) is 2.48. The number of hydrogen-bond donors (Lipinski definition) is 2. The van der Waals surface area contributed by atoms with Gasteiger partial charge in [0.1, 0.15) is 6.17 Å². The van der Waals surface area contributed by atoms with Crippen LogP contribution in [-0.2, 0) is 6.18 Å². The van der Waals surface area contributed by atoms with Crippen LogP contribution in [0, 0.1) is 6.92 Å². The lowest BCUT2D eigenvalue weighted by Crippen LogP contribution is -2.49. The molecule has 2 N–H and O–H groups in total. The Hall–Kier alpha value is -1.63. The Morgan fingerprint density at radius 2 is 1.69 bits per heavy atom. The van der Waals surface area contributed by atoms with Crippen molar-refractivity contribution in [2.75, 3.05) is 5.32 Å². The highest BCUT2D eigenvalue weighted by Gasteiger charge is 2.35. The highest BCUT2D eigenvalue weighted by molar-refractivity contribution is 6.68. The monoisotopic (exact) mass is 424 g/mol. The molecule has 0 saturated carbocycles. The van der Waals surface area contributed by atoms with Gasteiger partial charge in [-0.2, -0.15) is 13.2 Å². The number of aryl methyl sites for hydroxylation is 1. The predicted molar refractivity (Wildman–Crippen MR) is 97.8 cm³/mol. The number of halogens is 6. The molecule has 0 aliphatic carbocycles. The summed E-state index contributed by atoms with van der Waals surface area (Å²) in [6.07, 6.45) is -5.78. The summed E-state index contributed by atoms with van der Waals surface area (Å²) in [5, 5.41) is 5.10. The Kier molecular flexibility index (Phi) is 6.32. The zero-order valence-corrected chi connectivity index (χ0v) is 15.6. The molecule has 2 rings (SSSR count). The van der Waals surface area contributed by atoms with Crippen LogP contribution in [0.5, 0.6) is 0 Å². The lowest BCUT2D eigenvalue weighted by molar-refractivity contribution is -0.137. The fraction of sp³-hybridized carbons (Fsp3) is 0.235. The molecule has 0 aromatic heterocycles. The first-order chi connectivity index (χ1) is 12.0. The first kappa shape index (κ1) is 20.7. The average Bonchev–Trinajstić information content (AvgIpc) is 2.53. The standard InChI is InChI=1S/C17H14Cl3F3N2O/c1-10-4-2-5-11(8-10)14(26)25-15(16(18,19)20)24-13-7-3-6-12(9-13)17(21,22)23/h2-9,15,24H,1H3,(H,25,26)/t15-/m0/s1. The van der Waals surface area contributed by atoms with Gasteiger partial charge in [-0.05, 0) is 37.3 Å². The van der Waals surface area contributed by atoms with Crippen LogP contribution in [0.15, 0.2) is 48.5 Å². The topological polar surface area (TPSA) is 41.1 Å². The van der Waals surface area contributed by atoms with Gasteiger partial charge in [-0.1, -0.05) is 58.6 Å². The molecular formula is C17H14Cl3F3N2O. The van der Waals surface area contributed by atoms with Crippen molar-refractivity contribution in [2.45, 2.75) is 23.1 Å². The fourth-order valence-electron chi connectivity index (χ4n) is 2.15. The van der Waals surface area contributed by atoms with E-state index < -0.39 is 27.6 Å². The summed E-state index contributed by atoms with van der Waals surface area (Å²) in [5.41, 5.74) is 0.361. The zero-order valence-electron chi connectivity index (χ0n) is 13.4. The summed E-state index contributed by atoms with van der Waals surface area (Å²) in [7, 11) is 0. The molecule has 140 valence electrons. The van der Waals surface area contributed by atoms with Gasteiger partial charge in [-0.25, -0.2) is 0 Å². The number of alkyl halides is 6. The zero-order chi connectivity index (χ0) is 19.5. The molecule has 0 radical (unpaired) electrons. The number of amides is 1. The lowest BCUT2D eigenvalue weighted by Gasteiger charge is -2.27. The van der Waals surface area contributed by atoms with E-state index in [1.54, 1.807) is 18.2 Å². The molecule has 26 heavy (non-hydrogen) atoms. The molecule has 2 aromatic rings. The van der Waals surface area contributed by atoms with Crippen LogP contribution in [0.2, 0.25) is 0 Å². The molecule has 0 aliphatic heterocycles. The summed E-state index contributed by atoms with van der Waals surface area (Å²) < 4.78 is 36.5. The first-order valence-corrected chi connectivity index (χ1v) is 8.48. The van der Waals surface area contributed by atoms with E-state index in [2.05, 4.69) is 10.6 Å². The van der Waals surface area contributed by atoms with E-state index in [1.807, 2.05) is 13.0 Å². The predicted octanol–water partition coefficient (Wildman–Crippen LogP) is 5.55. The third-order valence-electron chi connectivity index (χ3n) is 3.38. The average molecular weight is 426 g/mol. The summed E-state index contributed by atoms with van der Waals surface area (Å²) >= 11 is 17.6. The van der Waals surface area contributed by atoms with Crippen LogP contribution in [0.1, 0.15) is 21.5 Å². The quantitative estimate of drug-likeness (QED) is 0.498. The molecule has 2 aromatic carbocycles. The Labute approximate surface area is 163 Å². The SMILES string of the molecule is Cc1cccc(C(=O)N[C@H](Nc2cccc(C(F)(F)F)c2)C(Cl)(Cl)Cl)c1. The van der Waals surface area contributed by atoms with Crippen molar-refractivity contribution >= 4 is 46.4 Å². The normalized spacial score (nSPS) is 13.2. The second-order valence-electron chi connectivity index (χ2n) is 5.54. The Morgan fingerprint density at radius 3 is 2.27 bits per heavy atom. The summed E-state index contributed by atoms with van der Waals surface area (Å²) in [4.78, 5) is 12.4. The van der Waals surface area contributed by atoms with Crippen LogP contribution in [0.4, 0.5) is 18.9 Å². The number of anilines is 1. The molecule has 3 nitrogen and oxygen atoms in total. The van der Waals surface area contributed by atoms with Crippen LogP contribution in [0.25, 0.3) is 0 Å². The van der Waals surface area contributed by atoms with Gasteiger partial charge in [0.2, 0.25) is 3.79 Å². The molecule has 0 heterocycles. The molecule has 0 aliphatic rings. The summed E-state index contributed by atoms with van der Waals surface area (Å²) in [6.45, 7) is 1.81. The molecule has 0 saturated heterocycles. The van der Waals surface area contributed by atoms with Crippen molar-refractivity contribution < 1.29 is 18.0 Å². The van der Waals surface area contributed by atoms with Crippen molar-refractivity contribution in [1.29, 1.82) is 0 Å². The van der Waals surface area contributed by atoms with Gasteiger partial charge in [0.05, 0.1) is 5.56 Å². The molecule has 0 unspecified atom stereocenters. The molecule has 9 heteroatoms. The van der Waals surface area contributed by atoms with E-state index in [4.69, 9.17) is 34.8 Å². The number of carbonyl (C=O) groups is 1. The highest BCUT2D eigenvalue weighted by Crippen LogP contribution is 2.34. The van der Waals surface area contributed by atoms with E-state index in [0.717, 1.165) is 17.7 Å². The lowest BCUT2D eigenvalue weighted by atomic mass is 10.1. The summed E-state index contributed by atoms with van der Waals surface area (Å²) in [5.74, 6) is -0.537. The third kappa shape index (κ3) is 5.69. The van der Waals surface area contributed by atoms with Crippen molar-refractivity contribution in [3.05, 3.63) is 65.2 Å². The van der Waals surface area contributed by atoms with Gasteiger partial charge in [-0.15, -0.1) is 0 Å². The third-order valence-corrected chi connectivity index (χ3v) is 4.04. The second kappa shape index (κ2) is 7.94. The Balaban J connectivity index is 2.22. The van der Waals surface area contributed by atoms with Crippen LogP contribution in [-0.4, -0.2) is 15.9 Å². The van der Waals surface area contributed by atoms with E-state index in [9.17, 15) is 18.0 Å². The Morgan fingerprint density at radius 1 is 1.04 bits per heavy atom. The molecule has 1 atom stereocenters. The minimum Gasteiger partial charge on any atom is -0.362 e. The van der Waals surface area contributed by atoms with Gasteiger partial charge >= 0.3 is 6.18 Å². The van der Waals surface area contributed by atoms with Gasteiger partial charge in [0.25, 0.3) is 5.91 Å².